The first kappa shape index (κ1) is 9.54. The minimum atomic E-state index is 0.566. The number of aliphatic hydroxyl groups excluding tert-OH is 1. The molecule has 0 atom stereocenters. The van der Waals surface area contributed by atoms with Crippen molar-refractivity contribution in [1.82, 2.24) is 0 Å². The number of aliphatic hydroxyl groups is 1. The highest BCUT2D eigenvalue weighted by molar-refractivity contribution is 4.89. The molecule has 0 bridgehead atoms. The lowest BCUT2D eigenvalue weighted by Gasteiger charge is -1.97. The Morgan fingerprint density at radius 1 is 1.30 bits per heavy atom. The molecule has 1 N–H and O–H groups in total. The molecule has 0 saturated carbocycles. The number of hydrogen-bond acceptors (Lipinski definition) is 1. The van der Waals surface area contributed by atoms with E-state index in [2.05, 4.69) is 6.92 Å². The van der Waals surface area contributed by atoms with Gasteiger partial charge in [0.25, 0.3) is 0 Å². The van der Waals surface area contributed by atoms with Crippen molar-refractivity contribution in [3.63, 3.8) is 0 Å². The first-order valence-electron chi connectivity index (χ1n) is 4.19. The zero-order valence-corrected chi connectivity index (χ0v) is 7.06. The topological polar surface area (TPSA) is 20.2 Å². The van der Waals surface area contributed by atoms with Crippen molar-refractivity contribution in [3.05, 3.63) is 11.8 Å². The van der Waals surface area contributed by atoms with Crippen LogP contribution in [-0.2, 0) is 0 Å². The Morgan fingerprint density at radius 3 is 2.50 bits per heavy atom. The van der Waals surface area contributed by atoms with Gasteiger partial charge in [0.05, 0.1) is 5.76 Å². The van der Waals surface area contributed by atoms with E-state index >= 15 is 0 Å². The summed E-state index contributed by atoms with van der Waals surface area (Å²) in [5, 5.41) is 9.14. The van der Waals surface area contributed by atoms with Gasteiger partial charge in [0, 0.05) is 6.42 Å². The van der Waals surface area contributed by atoms with Gasteiger partial charge in [-0.15, -0.1) is 0 Å². The van der Waals surface area contributed by atoms with Crippen LogP contribution >= 0.6 is 0 Å². The molecule has 0 fully saturated rings. The van der Waals surface area contributed by atoms with Gasteiger partial charge >= 0.3 is 0 Å². The second kappa shape index (κ2) is 6.66. The van der Waals surface area contributed by atoms with E-state index in [0.29, 0.717) is 5.76 Å². The second-order valence-electron chi connectivity index (χ2n) is 2.56. The summed E-state index contributed by atoms with van der Waals surface area (Å²) < 4.78 is 0. The summed E-state index contributed by atoms with van der Waals surface area (Å²) in [7, 11) is 0. The van der Waals surface area contributed by atoms with E-state index in [1.807, 2.05) is 13.0 Å². The molecule has 0 unspecified atom stereocenters. The van der Waals surface area contributed by atoms with Gasteiger partial charge in [-0.25, -0.2) is 0 Å². The summed E-state index contributed by atoms with van der Waals surface area (Å²) in [6, 6.07) is 0. The largest absolute Gasteiger partial charge is 0.513 e. The zero-order chi connectivity index (χ0) is 7.82. The van der Waals surface area contributed by atoms with Gasteiger partial charge < -0.3 is 5.11 Å². The van der Waals surface area contributed by atoms with E-state index in [-0.39, 0.29) is 0 Å². The van der Waals surface area contributed by atoms with Gasteiger partial charge in [-0.3, -0.25) is 0 Å². The monoisotopic (exact) mass is 142 g/mol. The van der Waals surface area contributed by atoms with Crippen LogP contribution in [0.5, 0.6) is 0 Å². The van der Waals surface area contributed by atoms with Crippen LogP contribution in [-0.4, -0.2) is 5.11 Å². The molecule has 60 valence electrons. The number of allylic oxidation sites excluding steroid dienone is 2. The molecule has 0 aliphatic heterocycles. The van der Waals surface area contributed by atoms with E-state index in [4.69, 9.17) is 5.11 Å². The van der Waals surface area contributed by atoms with Crippen molar-refractivity contribution < 1.29 is 5.11 Å². The maximum absolute atomic E-state index is 9.14. The maximum Gasteiger partial charge on any atom is 0.0882 e. The fourth-order valence-corrected chi connectivity index (χ4v) is 0.894. The summed E-state index contributed by atoms with van der Waals surface area (Å²) in [5.74, 6) is 0.566. The first-order chi connectivity index (χ1) is 4.81. The van der Waals surface area contributed by atoms with Crippen molar-refractivity contribution in [2.45, 2.75) is 46.0 Å². The minimum absolute atomic E-state index is 0.566. The molecule has 0 aliphatic carbocycles. The third-order valence-electron chi connectivity index (χ3n) is 1.48. The molecule has 0 aromatic heterocycles. The van der Waals surface area contributed by atoms with Gasteiger partial charge in [-0.05, 0) is 18.9 Å². The van der Waals surface area contributed by atoms with E-state index in [1.165, 1.54) is 12.8 Å². The molecule has 0 aromatic carbocycles. The van der Waals surface area contributed by atoms with Gasteiger partial charge in [0.1, 0.15) is 0 Å². The van der Waals surface area contributed by atoms with Crippen molar-refractivity contribution >= 4 is 0 Å². The first-order valence-corrected chi connectivity index (χ1v) is 4.19. The second-order valence-corrected chi connectivity index (χ2v) is 2.56. The van der Waals surface area contributed by atoms with Crippen LogP contribution in [0.15, 0.2) is 11.8 Å². The fraction of sp³-hybridized carbons (Fsp3) is 0.778. The zero-order valence-electron chi connectivity index (χ0n) is 7.06. The summed E-state index contributed by atoms with van der Waals surface area (Å²) in [6.07, 6.45) is 7.26. The van der Waals surface area contributed by atoms with Gasteiger partial charge in [-0.1, -0.05) is 26.7 Å². The van der Waals surface area contributed by atoms with Crippen LogP contribution in [0.2, 0.25) is 0 Å². The van der Waals surface area contributed by atoms with Gasteiger partial charge in [0.15, 0.2) is 0 Å². The molecule has 0 amide bonds. The predicted molar refractivity (Wildman–Crippen MR) is 45.1 cm³/mol. The Bertz CT molecular complexity index is 94.9. The standard InChI is InChI=1S/C9H18O/c1-3-5-6-8-9(10)7-4-2/h7,10H,3-6,8H2,1-2H3/b9-7-. The highest BCUT2D eigenvalue weighted by atomic mass is 16.3. The predicted octanol–water partition coefficient (Wildman–Crippen LogP) is 3.42. The molecule has 10 heavy (non-hydrogen) atoms. The lowest BCUT2D eigenvalue weighted by Crippen LogP contribution is -1.81. The Labute approximate surface area is 63.8 Å². The van der Waals surface area contributed by atoms with Crippen LogP contribution in [0.1, 0.15) is 46.0 Å². The molecule has 0 radical (unpaired) electrons. The van der Waals surface area contributed by atoms with Crippen LogP contribution in [0.4, 0.5) is 0 Å². The SMILES string of the molecule is CC/C=C(\O)CCCCC. The van der Waals surface area contributed by atoms with Crippen LogP contribution in [0, 0.1) is 0 Å². The molecule has 0 spiro atoms. The van der Waals surface area contributed by atoms with Crippen LogP contribution in [0.25, 0.3) is 0 Å². The molecule has 1 nitrogen and oxygen atoms in total. The van der Waals surface area contributed by atoms with Gasteiger partial charge in [-0.2, -0.15) is 0 Å². The molecule has 0 aliphatic rings. The number of unbranched alkanes of at least 4 members (excludes halogenated alkanes) is 2. The van der Waals surface area contributed by atoms with Crippen molar-refractivity contribution in [1.29, 1.82) is 0 Å². The summed E-state index contributed by atoms with van der Waals surface area (Å²) in [4.78, 5) is 0. The average molecular weight is 142 g/mol. The van der Waals surface area contributed by atoms with Crippen molar-refractivity contribution in [2.75, 3.05) is 0 Å². The Hall–Kier alpha value is -0.460. The molecule has 0 rings (SSSR count). The van der Waals surface area contributed by atoms with E-state index in [0.717, 1.165) is 19.3 Å². The quantitative estimate of drug-likeness (QED) is 0.460. The number of rotatable bonds is 5. The highest BCUT2D eigenvalue weighted by Crippen LogP contribution is 2.06. The Kier molecular flexibility index (Phi) is 6.35. The summed E-state index contributed by atoms with van der Waals surface area (Å²) in [5.41, 5.74) is 0. The minimum Gasteiger partial charge on any atom is -0.513 e. The summed E-state index contributed by atoms with van der Waals surface area (Å²) >= 11 is 0. The molecule has 0 saturated heterocycles. The molecule has 0 aromatic rings. The lowest BCUT2D eigenvalue weighted by atomic mass is 10.2. The van der Waals surface area contributed by atoms with E-state index in [9.17, 15) is 0 Å². The third-order valence-corrected chi connectivity index (χ3v) is 1.48. The molecular weight excluding hydrogens is 124 g/mol. The van der Waals surface area contributed by atoms with Gasteiger partial charge in [0.2, 0.25) is 0 Å². The lowest BCUT2D eigenvalue weighted by molar-refractivity contribution is 0.379. The number of hydrogen-bond donors (Lipinski definition) is 1. The van der Waals surface area contributed by atoms with Crippen molar-refractivity contribution in [3.8, 4) is 0 Å². The molecule has 0 heterocycles. The summed E-state index contributed by atoms with van der Waals surface area (Å²) in [6.45, 7) is 4.20. The third kappa shape index (κ3) is 5.67. The normalized spacial score (nSPS) is 12.0. The smallest absolute Gasteiger partial charge is 0.0882 e. The van der Waals surface area contributed by atoms with E-state index < -0.39 is 0 Å². The molecule has 1 heteroatoms. The van der Waals surface area contributed by atoms with Crippen molar-refractivity contribution in [2.24, 2.45) is 0 Å². The maximum atomic E-state index is 9.14. The Balaban J connectivity index is 3.21. The van der Waals surface area contributed by atoms with E-state index in [1.54, 1.807) is 0 Å². The highest BCUT2D eigenvalue weighted by Gasteiger charge is 1.90. The van der Waals surface area contributed by atoms with Crippen LogP contribution in [0.3, 0.4) is 0 Å². The Morgan fingerprint density at radius 2 is 2.00 bits per heavy atom. The fourth-order valence-electron chi connectivity index (χ4n) is 0.894. The molecular formula is C9H18O. The van der Waals surface area contributed by atoms with Crippen LogP contribution < -0.4 is 0 Å². The average Bonchev–Trinajstić information content (AvgIpc) is 1.89.